The van der Waals surface area contributed by atoms with Crippen molar-refractivity contribution < 1.29 is 14.3 Å². The largest absolute Gasteiger partial charge is 0.497 e. The van der Waals surface area contributed by atoms with Crippen LogP contribution in [-0.4, -0.2) is 67.1 Å². The number of anilines is 2. The van der Waals surface area contributed by atoms with Crippen LogP contribution in [0.3, 0.4) is 0 Å². The van der Waals surface area contributed by atoms with Crippen LogP contribution in [0.4, 0.5) is 15.6 Å². The number of fused-ring (bicyclic) bond motifs is 1. The van der Waals surface area contributed by atoms with Crippen LogP contribution in [-0.2, 0) is 0 Å². The molecule has 0 spiro atoms. The van der Waals surface area contributed by atoms with Crippen molar-refractivity contribution in [2.24, 2.45) is 0 Å². The molecular formula is C21H23N5O3S. The van der Waals surface area contributed by atoms with Gasteiger partial charge in [-0.2, -0.15) is 0 Å². The van der Waals surface area contributed by atoms with Gasteiger partial charge in [-0.1, -0.05) is 11.3 Å². The molecule has 0 saturated carbocycles. The number of nitrogens with one attached hydrogen (secondary N) is 2. The number of urea groups is 1. The third kappa shape index (κ3) is 4.52. The first kappa shape index (κ1) is 20.1. The normalized spacial score (nSPS) is 14.5. The summed E-state index contributed by atoms with van der Waals surface area (Å²) in [6, 6.07) is 12.1. The fraction of sp³-hybridized carbons (Fsp3) is 0.286. The summed E-state index contributed by atoms with van der Waals surface area (Å²) in [6.45, 7) is 3.21. The smallest absolute Gasteiger partial charge is 0.325 e. The van der Waals surface area contributed by atoms with Crippen molar-refractivity contribution in [2.45, 2.75) is 0 Å². The van der Waals surface area contributed by atoms with Crippen LogP contribution >= 0.6 is 11.3 Å². The van der Waals surface area contributed by atoms with Crippen LogP contribution in [0.15, 0.2) is 42.5 Å². The summed E-state index contributed by atoms with van der Waals surface area (Å²) in [7, 11) is 3.66. The molecule has 0 radical (unpaired) electrons. The molecule has 30 heavy (non-hydrogen) atoms. The SMILES string of the molecule is COc1ccc2nc(NC(=O)Nc3ccc(C(=O)N4CCN(C)CC4)cc3)sc2c1. The number of benzene rings is 2. The first-order chi connectivity index (χ1) is 14.5. The lowest BCUT2D eigenvalue weighted by Gasteiger charge is -2.32. The van der Waals surface area contributed by atoms with Gasteiger partial charge < -0.3 is 19.9 Å². The van der Waals surface area contributed by atoms with Crippen molar-refractivity contribution in [1.82, 2.24) is 14.8 Å². The van der Waals surface area contributed by atoms with E-state index in [1.165, 1.54) is 11.3 Å². The van der Waals surface area contributed by atoms with E-state index in [2.05, 4.69) is 27.6 Å². The van der Waals surface area contributed by atoms with Crippen LogP contribution in [0.5, 0.6) is 5.75 Å². The summed E-state index contributed by atoms with van der Waals surface area (Å²) in [5.41, 5.74) is 2.01. The second kappa shape index (κ2) is 8.68. The number of rotatable bonds is 4. The number of carbonyl (C=O) groups is 2. The maximum Gasteiger partial charge on any atom is 0.325 e. The second-order valence-electron chi connectivity index (χ2n) is 7.10. The zero-order valence-electron chi connectivity index (χ0n) is 16.8. The summed E-state index contributed by atoms with van der Waals surface area (Å²) in [5.74, 6) is 0.761. The molecule has 0 unspecified atom stereocenters. The van der Waals surface area contributed by atoms with Crippen molar-refractivity contribution >= 4 is 44.3 Å². The molecule has 3 aromatic rings. The molecule has 2 N–H and O–H groups in total. The van der Waals surface area contributed by atoms with Gasteiger partial charge in [0, 0.05) is 37.4 Å². The topological polar surface area (TPSA) is 86.8 Å². The van der Waals surface area contributed by atoms with Crippen LogP contribution in [0.25, 0.3) is 10.2 Å². The molecule has 1 aromatic heterocycles. The Morgan fingerprint density at radius 3 is 2.47 bits per heavy atom. The lowest BCUT2D eigenvalue weighted by atomic mass is 10.1. The van der Waals surface area contributed by atoms with Crippen molar-refractivity contribution in [3.8, 4) is 5.75 Å². The van der Waals surface area contributed by atoms with Gasteiger partial charge in [0.1, 0.15) is 5.75 Å². The van der Waals surface area contributed by atoms with Crippen LogP contribution in [0.2, 0.25) is 0 Å². The first-order valence-corrected chi connectivity index (χ1v) is 10.4. The van der Waals surface area contributed by atoms with Gasteiger partial charge in [-0.05, 0) is 49.5 Å². The van der Waals surface area contributed by atoms with Gasteiger partial charge in [0.2, 0.25) is 0 Å². The average molecular weight is 426 g/mol. The molecule has 0 atom stereocenters. The van der Waals surface area contributed by atoms with Crippen LogP contribution in [0, 0.1) is 0 Å². The Labute approximate surface area is 178 Å². The highest BCUT2D eigenvalue weighted by atomic mass is 32.1. The molecule has 4 rings (SSSR count). The maximum atomic E-state index is 12.6. The van der Waals surface area contributed by atoms with Crippen molar-refractivity contribution in [2.75, 3.05) is 51.0 Å². The number of ether oxygens (including phenoxy) is 1. The molecule has 1 aliphatic heterocycles. The van der Waals surface area contributed by atoms with Crippen LogP contribution < -0.4 is 15.4 Å². The van der Waals surface area contributed by atoms with E-state index in [1.54, 1.807) is 31.4 Å². The number of thiazole rings is 1. The zero-order chi connectivity index (χ0) is 21.1. The number of hydrogen-bond donors (Lipinski definition) is 2. The highest BCUT2D eigenvalue weighted by Crippen LogP contribution is 2.29. The third-order valence-corrected chi connectivity index (χ3v) is 5.93. The van der Waals surface area contributed by atoms with Crippen LogP contribution in [0.1, 0.15) is 10.4 Å². The van der Waals surface area contributed by atoms with E-state index < -0.39 is 0 Å². The van der Waals surface area contributed by atoms with Gasteiger partial charge in [0.15, 0.2) is 5.13 Å². The molecule has 8 nitrogen and oxygen atoms in total. The van der Waals surface area contributed by atoms with E-state index >= 15 is 0 Å². The highest BCUT2D eigenvalue weighted by Gasteiger charge is 2.20. The fourth-order valence-corrected chi connectivity index (χ4v) is 4.12. The monoisotopic (exact) mass is 425 g/mol. The lowest BCUT2D eigenvalue weighted by molar-refractivity contribution is 0.0664. The molecule has 0 aliphatic carbocycles. The predicted octanol–water partition coefficient (Wildman–Crippen LogP) is 3.34. The molecule has 2 heterocycles. The fourth-order valence-electron chi connectivity index (χ4n) is 3.23. The minimum absolute atomic E-state index is 0.0176. The second-order valence-corrected chi connectivity index (χ2v) is 8.14. The number of amides is 3. The van der Waals surface area contributed by atoms with Gasteiger partial charge in [-0.25, -0.2) is 9.78 Å². The highest BCUT2D eigenvalue weighted by molar-refractivity contribution is 7.22. The van der Waals surface area contributed by atoms with Gasteiger partial charge >= 0.3 is 6.03 Å². The summed E-state index contributed by atoms with van der Waals surface area (Å²) < 4.78 is 6.14. The van der Waals surface area contributed by atoms with E-state index in [0.29, 0.717) is 16.4 Å². The molecule has 0 bridgehead atoms. The van der Waals surface area contributed by atoms with E-state index in [0.717, 1.165) is 42.1 Å². The molecular weight excluding hydrogens is 402 g/mol. The standard InChI is InChI=1S/C21H23N5O3S/c1-25-9-11-26(12-10-25)19(27)14-3-5-15(6-4-14)22-20(28)24-21-23-17-8-7-16(29-2)13-18(17)30-21/h3-8,13H,9-12H2,1-2H3,(H2,22,23,24,28). The average Bonchev–Trinajstić information content (AvgIpc) is 3.15. The molecule has 1 saturated heterocycles. The summed E-state index contributed by atoms with van der Waals surface area (Å²) in [5, 5.41) is 6.01. The Hall–Kier alpha value is -3.17. The molecule has 1 aliphatic rings. The molecule has 3 amide bonds. The summed E-state index contributed by atoms with van der Waals surface area (Å²) in [4.78, 5) is 33.4. The number of likely N-dealkylation sites (N-methyl/N-ethyl adjacent to an activating group) is 1. The first-order valence-electron chi connectivity index (χ1n) is 9.62. The van der Waals surface area contributed by atoms with E-state index in [9.17, 15) is 9.59 Å². The Morgan fingerprint density at radius 2 is 1.77 bits per heavy atom. The quantitative estimate of drug-likeness (QED) is 0.670. The van der Waals surface area contributed by atoms with E-state index in [1.807, 2.05) is 23.1 Å². The van der Waals surface area contributed by atoms with E-state index in [4.69, 9.17) is 4.74 Å². The van der Waals surface area contributed by atoms with Gasteiger partial charge in [-0.15, -0.1) is 0 Å². The number of nitrogens with zero attached hydrogens (tertiary/aromatic N) is 3. The number of carbonyl (C=O) groups excluding carboxylic acids is 2. The maximum absolute atomic E-state index is 12.6. The minimum Gasteiger partial charge on any atom is -0.497 e. The molecule has 156 valence electrons. The van der Waals surface area contributed by atoms with Gasteiger partial charge in [-0.3, -0.25) is 10.1 Å². The Kier molecular flexibility index (Phi) is 5.82. The van der Waals surface area contributed by atoms with E-state index in [-0.39, 0.29) is 11.9 Å². The minimum atomic E-state index is -0.390. The predicted molar refractivity (Wildman–Crippen MR) is 119 cm³/mol. The van der Waals surface area contributed by atoms with Crippen molar-refractivity contribution in [1.29, 1.82) is 0 Å². The Balaban J connectivity index is 1.36. The third-order valence-electron chi connectivity index (χ3n) is 5.00. The molecule has 2 aromatic carbocycles. The Bertz CT molecular complexity index is 1060. The summed E-state index contributed by atoms with van der Waals surface area (Å²) >= 11 is 1.37. The zero-order valence-corrected chi connectivity index (χ0v) is 17.7. The lowest BCUT2D eigenvalue weighted by Crippen LogP contribution is -2.47. The number of aromatic nitrogens is 1. The Morgan fingerprint density at radius 1 is 1.03 bits per heavy atom. The van der Waals surface area contributed by atoms with Crippen molar-refractivity contribution in [3.05, 3.63) is 48.0 Å². The molecule has 9 heteroatoms. The van der Waals surface area contributed by atoms with Crippen molar-refractivity contribution in [3.63, 3.8) is 0 Å². The number of hydrogen-bond acceptors (Lipinski definition) is 6. The molecule has 1 fully saturated rings. The van der Waals surface area contributed by atoms with Gasteiger partial charge in [0.05, 0.1) is 17.3 Å². The number of methoxy groups -OCH3 is 1. The summed E-state index contributed by atoms with van der Waals surface area (Å²) in [6.07, 6.45) is 0. The number of piperazine rings is 1. The van der Waals surface area contributed by atoms with Gasteiger partial charge in [0.25, 0.3) is 5.91 Å².